The summed E-state index contributed by atoms with van der Waals surface area (Å²) in [5.41, 5.74) is 0.988. The van der Waals surface area contributed by atoms with Crippen molar-refractivity contribution in [1.29, 1.82) is 0 Å². The maximum atomic E-state index is 13.6. The lowest BCUT2D eigenvalue weighted by Crippen LogP contribution is -2.32. The van der Waals surface area contributed by atoms with E-state index in [0.717, 1.165) is 17.8 Å². The summed E-state index contributed by atoms with van der Waals surface area (Å²) in [6.45, 7) is 2.78. The molecule has 1 aliphatic rings. The lowest BCUT2D eigenvalue weighted by atomic mass is 10.1. The number of carbonyl (C=O) groups is 1. The number of ether oxygens (including phenoxy) is 1. The molecule has 2 aromatic rings. The van der Waals surface area contributed by atoms with E-state index in [0.29, 0.717) is 25.4 Å². The normalized spacial score (nSPS) is 17.1. The molecule has 1 aliphatic heterocycles. The SMILES string of the molecule is Cc1ccc(O[C@H]2CCN(C(=O)Cc3ccc(F)cc3F)C2)nn1. The Bertz CT molecular complexity index is 737. The molecule has 1 fully saturated rings. The highest BCUT2D eigenvalue weighted by molar-refractivity contribution is 5.79. The van der Waals surface area contributed by atoms with Gasteiger partial charge in [0.05, 0.1) is 18.7 Å². The van der Waals surface area contributed by atoms with Gasteiger partial charge in [0.2, 0.25) is 11.8 Å². The van der Waals surface area contributed by atoms with Crippen LogP contribution in [0.5, 0.6) is 5.88 Å². The van der Waals surface area contributed by atoms with Gasteiger partial charge in [0.15, 0.2) is 0 Å². The number of likely N-dealkylation sites (tertiary alicyclic amines) is 1. The van der Waals surface area contributed by atoms with E-state index in [2.05, 4.69) is 10.2 Å². The molecule has 0 saturated carbocycles. The quantitative estimate of drug-likeness (QED) is 0.861. The zero-order valence-corrected chi connectivity index (χ0v) is 13.2. The molecule has 24 heavy (non-hydrogen) atoms. The standard InChI is InChI=1S/C17H17F2N3O2/c1-11-2-5-16(21-20-11)24-14-6-7-22(10-14)17(23)8-12-3-4-13(18)9-15(12)19/h2-5,9,14H,6-8,10H2,1H3/t14-/m0/s1. The van der Waals surface area contributed by atoms with Crippen molar-refractivity contribution in [2.75, 3.05) is 13.1 Å². The van der Waals surface area contributed by atoms with Crippen LogP contribution in [-0.4, -0.2) is 40.2 Å². The highest BCUT2D eigenvalue weighted by Gasteiger charge is 2.28. The summed E-state index contributed by atoms with van der Waals surface area (Å²) < 4.78 is 32.3. The minimum atomic E-state index is -0.703. The predicted molar refractivity (Wildman–Crippen MR) is 82.4 cm³/mol. The van der Waals surface area contributed by atoms with Crippen molar-refractivity contribution >= 4 is 5.91 Å². The largest absolute Gasteiger partial charge is 0.471 e. The van der Waals surface area contributed by atoms with Crippen LogP contribution in [0, 0.1) is 18.6 Å². The Morgan fingerprint density at radius 1 is 1.29 bits per heavy atom. The first-order chi connectivity index (χ1) is 11.5. The van der Waals surface area contributed by atoms with Gasteiger partial charge < -0.3 is 9.64 Å². The number of halogens is 2. The van der Waals surface area contributed by atoms with Gasteiger partial charge in [-0.15, -0.1) is 5.10 Å². The number of amides is 1. The molecule has 5 nitrogen and oxygen atoms in total. The predicted octanol–water partition coefficient (Wildman–Crippen LogP) is 2.29. The summed E-state index contributed by atoms with van der Waals surface area (Å²) in [5, 5.41) is 7.86. The fourth-order valence-corrected chi connectivity index (χ4v) is 2.61. The minimum absolute atomic E-state index is 0.0941. The first kappa shape index (κ1) is 16.3. The second-order valence-corrected chi connectivity index (χ2v) is 5.79. The molecule has 0 unspecified atom stereocenters. The van der Waals surface area contributed by atoms with Crippen molar-refractivity contribution in [3.8, 4) is 5.88 Å². The zero-order valence-electron chi connectivity index (χ0n) is 13.2. The minimum Gasteiger partial charge on any atom is -0.471 e. The van der Waals surface area contributed by atoms with Crippen LogP contribution in [0.2, 0.25) is 0 Å². The number of rotatable bonds is 4. The first-order valence-corrected chi connectivity index (χ1v) is 7.70. The third kappa shape index (κ3) is 3.84. The monoisotopic (exact) mass is 333 g/mol. The molecular weight excluding hydrogens is 316 g/mol. The van der Waals surface area contributed by atoms with E-state index in [1.807, 2.05) is 6.92 Å². The van der Waals surface area contributed by atoms with Gasteiger partial charge in [-0.1, -0.05) is 6.07 Å². The van der Waals surface area contributed by atoms with Crippen LogP contribution >= 0.6 is 0 Å². The van der Waals surface area contributed by atoms with Crippen LogP contribution in [0.4, 0.5) is 8.78 Å². The van der Waals surface area contributed by atoms with Gasteiger partial charge in [0.1, 0.15) is 17.7 Å². The topological polar surface area (TPSA) is 55.3 Å². The first-order valence-electron chi connectivity index (χ1n) is 7.70. The highest BCUT2D eigenvalue weighted by atomic mass is 19.1. The summed E-state index contributed by atoms with van der Waals surface area (Å²) in [6.07, 6.45) is 0.417. The second-order valence-electron chi connectivity index (χ2n) is 5.79. The Kier molecular flexibility index (Phi) is 4.69. The molecule has 0 bridgehead atoms. The van der Waals surface area contributed by atoms with E-state index in [4.69, 9.17) is 4.74 Å². The lowest BCUT2D eigenvalue weighted by molar-refractivity contribution is -0.129. The smallest absolute Gasteiger partial charge is 0.233 e. The molecule has 0 N–H and O–H groups in total. The number of hydrogen-bond acceptors (Lipinski definition) is 4. The Labute approximate surface area is 138 Å². The van der Waals surface area contributed by atoms with Gasteiger partial charge in [-0.3, -0.25) is 4.79 Å². The van der Waals surface area contributed by atoms with Crippen molar-refractivity contribution in [2.24, 2.45) is 0 Å². The molecule has 0 aliphatic carbocycles. The summed E-state index contributed by atoms with van der Waals surface area (Å²) in [6, 6.07) is 6.78. The number of carbonyl (C=O) groups excluding carboxylic acids is 1. The maximum absolute atomic E-state index is 13.6. The van der Waals surface area contributed by atoms with Gasteiger partial charge in [0.25, 0.3) is 0 Å². The Balaban J connectivity index is 1.56. The molecule has 1 saturated heterocycles. The van der Waals surface area contributed by atoms with Gasteiger partial charge >= 0.3 is 0 Å². The van der Waals surface area contributed by atoms with Gasteiger partial charge in [-0.05, 0) is 24.6 Å². The molecule has 126 valence electrons. The van der Waals surface area contributed by atoms with Crippen molar-refractivity contribution in [1.82, 2.24) is 15.1 Å². The molecule has 3 rings (SSSR count). The van der Waals surface area contributed by atoms with Crippen LogP contribution in [0.1, 0.15) is 17.7 Å². The van der Waals surface area contributed by atoms with Crippen molar-refractivity contribution in [3.05, 3.63) is 53.2 Å². The zero-order chi connectivity index (χ0) is 17.1. The van der Waals surface area contributed by atoms with Crippen molar-refractivity contribution in [2.45, 2.75) is 25.9 Å². The molecule has 7 heteroatoms. The Morgan fingerprint density at radius 2 is 2.12 bits per heavy atom. The summed E-state index contributed by atoms with van der Waals surface area (Å²) >= 11 is 0. The number of hydrogen-bond donors (Lipinski definition) is 0. The number of aryl methyl sites for hydroxylation is 1. The molecule has 1 amide bonds. The fourth-order valence-electron chi connectivity index (χ4n) is 2.61. The molecule has 0 spiro atoms. The van der Waals surface area contributed by atoms with E-state index in [-0.39, 0.29) is 24.0 Å². The molecule has 1 atom stereocenters. The van der Waals surface area contributed by atoms with Crippen LogP contribution in [0.15, 0.2) is 30.3 Å². The van der Waals surface area contributed by atoms with E-state index in [1.165, 1.54) is 6.07 Å². The van der Waals surface area contributed by atoms with E-state index < -0.39 is 11.6 Å². The summed E-state index contributed by atoms with van der Waals surface area (Å²) in [5.74, 6) is -1.14. The van der Waals surface area contributed by atoms with Crippen molar-refractivity contribution < 1.29 is 18.3 Å². The van der Waals surface area contributed by atoms with Crippen LogP contribution in [0.3, 0.4) is 0 Å². The van der Waals surface area contributed by atoms with Crippen LogP contribution < -0.4 is 4.74 Å². The Morgan fingerprint density at radius 3 is 2.83 bits per heavy atom. The average molecular weight is 333 g/mol. The van der Waals surface area contributed by atoms with Crippen molar-refractivity contribution in [3.63, 3.8) is 0 Å². The Hall–Kier alpha value is -2.57. The van der Waals surface area contributed by atoms with Gasteiger partial charge in [-0.2, -0.15) is 5.10 Å². The van der Waals surface area contributed by atoms with E-state index >= 15 is 0 Å². The third-order valence-electron chi connectivity index (χ3n) is 3.92. The highest BCUT2D eigenvalue weighted by Crippen LogP contribution is 2.18. The van der Waals surface area contributed by atoms with Crippen LogP contribution in [-0.2, 0) is 11.2 Å². The third-order valence-corrected chi connectivity index (χ3v) is 3.92. The number of aromatic nitrogens is 2. The van der Waals surface area contributed by atoms with Gasteiger partial charge in [-0.25, -0.2) is 8.78 Å². The fraction of sp³-hybridized carbons (Fsp3) is 0.353. The summed E-state index contributed by atoms with van der Waals surface area (Å²) in [7, 11) is 0. The van der Waals surface area contributed by atoms with Gasteiger partial charge in [0, 0.05) is 25.1 Å². The molecule has 1 aromatic heterocycles. The lowest BCUT2D eigenvalue weighted by Gasteiger charge is -2.17. The van der Waals surface area contributed by atoms with E-state index in [1.54, 1.807) is 17.0 Å². The second kappa shape index (κ2) is 6.90. The number of nitrogens with zero attached hydrogens (tertiary/aromatic N) is 3. The molecular formula is C17H17F2N3O2. The van der Waals surface area contributed by atoms with Crippen LogP contribution in [0.25, 0.3) is 0 Å². The summed E-state index contributed by atoms with van der Waals surface area (Å²) in [4.78, 5) is 13.9. The molecule has 2 heterocycles. The molecule has 1 aromatic carbocycles. The molecule has 0 radical (unpaired) electrons. The number of benzene rings is 1. The van der Waals surface area contributed by atoms with E-state index in [9.17, 15) is 13.6 Å². The maximum Gasteiger partial charge on any atom is 0.233 e. The average Bonchev–Trinajstić information content (AvgIpc) is 3.01.